The van der Waals surface area contributed by atoms with E-state index in [9.17, 15) is 13.2 Å². The van der Waals surface area contributed by atoms with Crippen molar-refractivity contribution in [2.75, 3.05) is 24.2 Å². The number of ketones is 1. The molecule has 128 valence electrons. The Bertz CT molecular complexity index is 914. The monoisotopic (exact) mass is 367 g/mol. The lowest BCUT2D eigenvalue weighted by molar-refractivity contribution is 0.101. The maximum absolute atomic E-state index is 12.1. The highest BCUT2D eigenvalue weighted by Crippen LogP contribution is 2.36. The fourth-order valence-electron chi connectivity index (χ4n) is 3.14. The van der Waals surface area contributed by atoms with E-state index in [0.29, 0.717) is 35.6 Å². The zero-order valence-corrected chi connectivity index (χ0v) is 15.0. The summed E-state index contributed by atoms with van der Waals surface area (Å²) < 4.78 is 25.5. The van der Waals surface area contributed by atoms with Gasteiger partial charge in [0.15, 0.2) is 5.78 Å². The lowest BCUT2D eigenvalue weighted by atomic mass is 10.0. The molecule has 0 spiro atoms. The third kappa shape index (κ3) is 3.38. The highest BCUT2D eigenvalue weighted by atomic mass is 35.5. The topological polar surface area (TPSA) is 79.4 Å². The number of hydrogen-bond acceptors (Lipinski definition) is 5. The third-order valence-electron chi connectivity index (χ3n) is 4.08. The van der Waals surface area contributed by atoms with Crippen molar-refractivity contribution in [2.45, 2.75) is 19.4 Å². The molecule has 0 amide bonds. The van der Waals surface area contributed by atoms with E-state index in [4.69, 9.17) is 11.6 Å². The first kappa shape index (κ1) is 17.1. The number of aromatic nitrogens is 1. The number of sulfonamides is 1. The van der Waals surface area contributed by atoms with Gasteiger partial charge in [-0.2, -0.15) is 0 Å². The number of nitrogens with one attached hydrogen (secondary N) is 1. The van der Waals surface area contributed by atoms with E-state index < -0.39 is 10.0 Å². The predicted molar refractivity (Wildman–Crippen MR) is 95.4 cm³/mol. The zero-order valence-electron chi connectivity index (χ0n) is 13.4. The van der Waals surface area contributed by atoms with Crippen LogP contribution in [0.4, 0.5) is 5.69 Å². The molecule has 1 aromatic heterocycles. The van der Waals surface area contributed by atoms with E-state index in [2.05, 4.69) is 9.71 Å². The number of halogens is 1. The molecule has 0 aliphatic carbocycles. The minimum Gasteiger partial charge on any atom is -0.368 e. The number of benzene rings is 1. The van der Waals surface area contributed by atoms with Crippen molar-refractivity contribution in [2.24, 2.45) is 0 Å². The fraction of sp³-hybridized carbons (Fsp3) is 0.375. The summed E-state index contributed by atoms with van der Waals surface area (Å²) in [7, 11) is -3.27. The second kappa shape index (κ2) is 6.31. The van der Waals surface area contributed by atoms with Gasteiger partial charge in [0, 0.05) is 36.3 Å². The molecule has 2 aromatic rings. The van der Waals surface area contributed by atoms with Gasteiger partial charge in [-0.15, -0.1) is 0 Å². The molecule has 2 heterocycles. The number of carbonyl (C=O) groups is 1. The maximum Gasteiger partial charge on any atom is 0.209 e. The Morgan fingerprint density at radius 3 is 2.88 bits per heavy atom. The van der Waals surface area contributed by atoms with Crippen molar-refractivity contribution >= 4 is 44.0 Å². The molecule has 1 N–H and O–H groups in total. The van der Waals surface area contributed by atoms with Crippen LogP contribution in [-0.4, -0.2) is 44.6 Å². The van der Waals surface area contributed by atoms with E-state index >= 15 is 0 Å². The standard InChI is InChI=1S/C16H18ClN3O3S/c1-10(21)13-8-14(17)12-4-3-6-18-15(12)16(13)20-7-5-11(9-20)19-24(2,22)23/h3-4,6,8,11,19H,5,7,9H2,1-2H3/t11-/m0/s1. The molecular formula is C16H18ClN3O3S. The molecule has 24 heavy (non-hydrogen) atoms. The molecule has 1 aromatic carbocycles. The smallest absolute Gasteiger partial charge is 0.209 e. The summed E-state index contributed by atoms with van der Waals surface area (Å²) in [5.74, 6) is -0.0982. The van der Waals surface area contributed by atoms with Gasteiger partial charge >= 0.3 is 0 Å². The average molecular weight is 368 g/mol. The van der Waals surface area contributed by atoms with Gasteiger partial charge in [-0.1, -0.05) is 11.6 Å². The number of carbonyl (C=O) groups excluding carboxylic acids is 1. The highest BCUT2D eigenvalue weighted by Gasteiger charge is 2.29. The van der Waals surface area contributed by atoms with Gasteiger partial charge in [0.05, 0.1) is 22.5 Å². The van der Waals surface area contributed by atoms with Crippen LogP contribution in [0, 0.1) is 0 Å². The number of Topliss-reactive ketones (excluding diaryl/α,β-unsaturated/α-hetero) is 1. The molecule has 1 atom stereocenters. The Labute approximate surface area is 145 Å². The lowest BCUT2D eigenvalue weighted by Crippen LogP contribution is -2.36. The number of rotatable bonds is 4. The summed E-state index contributed by atoms with van der Waals surface area (Å²) in [6, 6.07) is 5.14. The molecule has 1 saturated heterocycles. The van der Waals surface area contributed by atoms with E-state index in [1.165, 1.54) is 6.92 Å². The molecule has 1 aliphatic heterocycles. The van der Waals surface area contributed by atoms with Gasteiger partial charge in [-0.05, 0) is 31.5 Å². The number of nitrogens with zero attached hydrogens (tertiary/aromatic N) is 2. The van der Waals surface area contributed by atoms with Crippen molar-refractivity contribution in [3.05, 3.63) is 35.0 Å². The van der Waals surface area contributed by atoms with Gasteiger partial charge in [-0.3, -0.25) is 9.78 Å². The summed E-state index contributed by atoms with van der Waals surface area (Å²) in [4.78, 5) is 18.5. The molecule has 6 nitrogen and oxygen atoms in total. The molecule has 0 radical (unpaired) electrons. The summed E-state index contributed by atoms with van der Waals surface area (Å²) in [5, 5.41) is 1.26. The van der Waals surface area contributed by atoms with Gasteiger partial charge < -0.3 is 4.90 Å². The van der Waals surface area contributed by atoms with E-state index in [1.807, 2.05) is 11.0 Å². The Balaban J connectivity index is 2.07. The Hall–Kier alpha value is -1.70. The molecule has 0 bridgehead atoms. The van der Waals surface area contributed by atoms with Crippen molar-refractivity contribution < 1.29 is 13.2 Å². The van der Waals surface area contributed by atoms with Crippen LogP contribution in [0.3, 0.4) is 0 Å². The minimum absolute atomic E-state index is 0.0982. The number of fused-ring (bicyclic) bond motifs is 1. The van der Waals surface area contributed by atoms with E-state index in [0.717, 1.165) is 17.3 Å². The van der Waals surface area contributed by atoms with Gasteiger partial charge in [0.2, 0.25) is 10.0 Å². The van der Waals surface area contributed by atoms with Crippen LogP contribution in [0.2, 0.25) is 5.02 Å². The summed E-state index contributed by atoms with van der Waals surface area (Å²) in [6.45, 7) is 2.62. The Morgan fingerprint density at radius 1 is 1.46 bits per heavy atom. The predicted octanol–water partition coefficient (Wildman–Crippen LogP) is 2.22. The molecule has 0 unspecified atom stereocenters. The lowest BCUT2D eigenvalue weighted by Gasteiger charge is -2.23. The molecule has 0 saturated carbocycles. The molecule has 1 aliphatic rings. The normalized spacial score (nSPS) is 18.3. The maximum atomic E-state index is 12.1. The molecule has 8 heteroatoms. The van der Waals surface area contributed by atoms with Crippen LogP contribution in [0.25, 0.3) is 10.9 Å². The first-order chi connectivity index (χ1) is 11.3. The quantitative estimate of drug-likeness (QED) is 0.838. The van der Waals surface area contributed by atoms with Gasteiger partial charge in [0.1, 0.15) is 0 Å². The number of pyridine rings is 1. The van der Waals surface area contributed by atoms with Crippen LogP contribution in [0.5, 0.6) is 0 Å². The second-order valence-electron chi connectivity index (χ2n) is 6.03. The fourth-order valence-corrected chi connectivity index (χ4v) is 4.20. The zero-order chi connectivity index (χ0) is 17.5. The second-order valence-corrected chi connectivity index (χ2v) is 8.22. The molecule has 1 fully saturated rings. The van der Waals surface area contributed by atoms with Crippen LogP contribution in [-0.2, 0) is 10.0 Å². The van der Waals surface area contributed by atoms with Gasteiger partial charge in [-0.25, -0.2) is 13.1 Å². The summed E-state index contributed by atoms with van der Waals surface area (Å²) in [6.07, 6.45) is 3.48. The number of hydrogen-bond donors (Lipinski definition) is 1. The van der Waals surface area contributed by atoms with Crippen LogP contribution in [0.15, 0.2) is 24.4 Å². The summed E-state index contributed by atoms with van der Waals surface area (Å²) >= 11 is 6.30. The highest BCUT2D eigenvalue weighted by molar-refractivity contribution is 7.88. The van der Waals surface area contributed by atoms with Crippen molar-refractivity contribution in [1.82, 2.24) is 9.71 Å². The van der Waals surface area contributed by atoms with Crippen molar-refractivity contribution in [1.29, 1.82) is 0 Å². The van der Waals surface area contributed by atoms with E-state index in [1.54, 1.807) is 18.3 Å². The van der Waals surface area contributed by atoms with Crippen molar-refractivity contribution in [3.8, 4) is 0 Å². The summed E-state index contributed by atoms with van der Waals surface area (Å²) in [5.41, 5.74) is 1.89. The van der Waals surface area contributed by atoms with Gasteiger partial charge in [0.25, 0.3) is 0 Å². The Morgan fingerprint density at radius 2 is 2.21 bits per heavy atom. The largest absolute Gasteiger partial charge is 0.368 e. The first-order valence-corrected chi connectivity index (χ1v) is 9.83. The SMILES string of the molecule is CC(=O)c1cc(Cl)c2cccnc2c1N1CC[C@H](NS(C)(=O)=O)C1. The van der Waals surface area contributed by atoms with Crippen LogP contribution >= 0.6 is 11.6 Å². The third-order valence-corrected chi connectivity index (χ3v) is 5.15. The minimum atomic E-state index is -3.27. The molecule has 3 rings (SSSR count). The first-order valence-electron chi connectivity index (χ1n) is 7.56. The van der Waals surface area contributed by atoms with Crippen molar-refractivity contribution in [3.63, 3.8) is 0 Å². The average Bonchev–Trinajstić information content (AvgIpc) is 2.93. The number of anilines is 1. The Kier molecular flexibility index (Phi) is 4.50. The molecular weight excluding hydrogens is 350 g/mol. The van der Waals surface area contributed by atoms with Crippen LogP contribution in [0.1, 0.15) is 23.7 Å². The van der Waals surface area contributed by atoms with E-state index in [-0.39, 0.29) is 11.8 Å². The van der Waals surface area contributed by atoms with Crippen LogP contribution < -0.4 is 9.62 Å².